The molecular formula is C18H18ClNO3S. The molecule has 1 atom stereocenters. The zero-order chi connectivity index (χ0) is 16.7. The summed E-state index contributed by atoms with van der Waals surface area (Å²) in [7, 11) is 0. The van der Waals surface area contributed by atoms with E-state index < -0.39 is 6.04 Å². The lowest BCUT2D eigenvalue weighted by Gasteiger charge is -2.34. The monoisotopic (exact) mass is 363 g/mol. The number of rotatable bonds is 4. The Bertz CT molecular complexity index is 729. The van der Waals surface area contributed by atoms with Crippen LogP contribution in [0.3, 0.4) is 0 Å². The van der Waals surface area contributed by atoms with Crippen molar-refractivity contribution in [3.05, 3.63) is 45.3 Å². The summed E-state index contributed by atoms with van der Waals surface area (Å²) in [6.07, 6.45) is 3.25. The summed E-state index contributed by atoms with van der Waals surface area (Å²) < 4.78 is 5.59. The minimum absolute atomic E-state index is 0.0608. The van der Waals surface area contributed by atoms with Crippen molar-refractivity contribution in [2.24, 2.45) is 0 Å². The van der Waals surface area contributed by atoms with E-state index in [1.807, 2.05) is 18.2 Å². The highest BCUT2D eigenvalue weighted by molar-refractivity contribution is 8.17. The van der Waals surface area contributed by atoms with Gasteiger partial charge in [0.2, 0.25) is 0 Å². The zero-order valence-electron chi connectivity index (χ0n) is 13.2. The molecule has 0 aromatic heterocycles. The maximum Gasteiger partial charge on any atom is 0.328 e. The fourth-order valence-electron chi connectivity index (χ4n) is 3.26. The van der Waals surface area contributed by atoms with E-state index in [4.69, 9.17) is 16.3 Å². The minimum Gasteiger partial charge on any atom is -0.461 e. The molecule has 2 heterocycles. The van der Waals surface area contributed by atoms with Crippen LogP contribution in [0.15, 0.2) is 34.7 Å². The molecule has 1 aromatic rings. The third-order valence-corrected chi connectivity index (χ3v) is 6.06. The lowest BCUT2D eigenvalue weighted by molar-refractivity contribution is -0.151. The maximum absolute atomic E-state index is 12.8. The normalized spacial score (nSPS) is 22.5. The van der Waals surface area contributed by atoms with Gasteiger partial charge in [0.25, 0.3) is 0 Å². The van der Waals surface area contributed by atoms with Gasteiger partial charge in [-0.25, -0.2) is 4.79 Å². The van der Waals surface area contributed by atoms with E-state index in [1.54, 1.807) is 6.07 Å². The van der Waals surface area contributed by atoms with Crippen molar-refractivity contribution in [2.75, 3.05) is 13.1 Å². The molecule has 0 unspecified atom stereocenters. The van der Waals surface area contributed by atoms with Gasteiger partial charge >= 0.3 is 5.97 Å². The standard InChI is InChI=1S/C18H18ClNO3S/c19-14-4-2-1-3-13(14)17(18(22)23-12-5-6-12)20-8-7-15-11(10-20)9-16(21)24-15/h1-4,12,17H,5-10H2/t17-/m0/s1. The van der Waals surface area contributed by atoms with E-state index in [9.17, 15) is 9.59 Å². The van der Waals surface area contributed by atoms with Gasteiger partial charge in [0.15, 0.2) is 5.12 Å². The predicted octanol–water partition coefficient (Wildman–Crippen LogP) is 3.71. The third-order valence-electron chi connectivity index (χ3n) is 4.60. The summed E-state index contributed by atoms with van der Waals surface area (Å²) in [6, 6.07) is 6.94. The predicted molar refractivity (Wildman–Crippen MR) is 93.7 cm³/mol. The molecule has 0 saturated heterocycles. The molecule has 4 nitrogen and oxygen atoms in total. The molecule has 2 aliphatic heterocycles. The topological polar surface area (TPSA) is 46.6 Å². The number of carbonyl (C=O) groups is 2. The first-order chi connectivity index (χ1) is 11.6. The van der Waals surface area contributed by atoms with Gasteiger partial charge in [0, 0.05) is 24.5 Å². The van der Waals surface area contributed by atoms with E-state index in [0.717, 1.165) is 36.9 Å². The molecule has 6 heteroatoms. The Balaban J connectivity index is 1.62. The molecule has 1 fully saturated rings. The van der Waals surface area contributed by atoms with Crippen LogP contribution >= 0.6 is 23.4 Å². The van der Waals surface area contributed by atoms with Crippen molar-refractivity contribution in [1.29, 1.82) is 0 Å². The van der Waals surface area contributed by atoms with Crippen LogP contribution in [0, 0.1) is 0 Å². The van der Waals surface area contributed by atoms with Crippen LogP contribution in [-0.2, 0) is 14.3 Å². The van der Waals surface area contributed by atoms with Crippen LogP contribution < -0.4 is 0 Å². The van der Waals surface area contributed by atoms with Gasteiger partial charge in [-0.2, -0.15) is 0 Å². The quantitative estimate of drug-likeness (QED) is 0.763. The second kappa shape index (κ2) is 6.54. The van der Waals surface area contributed by atoms with Crippen molar-refractivity contribution in [3.8, 4) is 0 Å². The van der Waals surface area contributed by atoms with Gasteiger partial charge in [-0.1, -0.05) is 41.6 Å². The van der Waals surface area contributed by atoms with E-state index in [1.165, 1.54) is 16.7 Å². The molecule has 0 bridgehead atoms. The van der Waals surface area contributed by atoms with E-state index >= 15 is 0 Å². The van der Waals surface area contributed by atoms with Crippen molar-refractivity contribution >= 4 is 34.4 Å². The van der Waals surface area contributed by atoms with Gasteiger partial charge in [0.1, 0.15) is 12.1 Å². The van der Waals surface area contributed by atoms with E-state index in [2.05, 4.69) is 4.90 Å². The van der Waals surface area contributed by atoms with Crippen LogP contribution in [-0.4, -0.2) is 35.2 Å². The maximum atomic E-state index is 12.8. The number of halogens is 1. The first-order valence-electron chi connectivity index (χ1n) is 8.22. The third kappa shape index (κ3) is 3.25. The van der Waals surface area contributed by atoms with Gasteiger partial charge in [-0.15, -0.1) is 0 Å². The summed E-state index contributed by atoms with van der Waals surface area (Å²) in [4.78, 5) is 27.8. The Labute approximate surface area is 150 Å². The number of ether oxygens (including phenoxy) is 1. The molecule has 3 aliphatic rings. The highest BCUT2D eigenvalue weighted by atomic mass is 35.5. The summed E-state index contributed by atoms with van der Waals surface area (Å²) in [5.74, 6) is -0.230. The number of hydrogen-bond donors (Lipinski definition) is 0. The van der Waals surface area contributed by atoms with Crippen molar-refractivity contribution in [2.45, 2.75) is 37.8 Å². The van der Waals surface area contributed by atoms with Crippen molar-refractivity contribution < 1.29 is 14.3 Å². The Morgan fingerprint density at radius 1 is 1.33 bits per heavy atom. The van der Waals surface area contributed by atoms with E-state index in [-0.39, 0.29) is 17.2 Å². The average molecular weight is 364 g/mol. The van der Waals surface area contributed by atoms with Crippen LogP contribution in [0.5, 0.6) is 0 Å². The zero-order valence-corrected chi connectivity index (χ0v) is 14.7. The molecule has 0 spiro atoms. The molecule has 1 saturated carbocycles. The number of hydrogen-bond acceptors (Lipinski definition) is 5. The van der Waals surface area contributed by atoms with Gasteiger partial charge in [-0.3, -0.25) is 9.69 Å². The SMILES string of the molecule is O=C1CC2=C(CCN([C@H](C(=O)OC3CC3)c3ccccc3Cl)C2)S1. The van der Waals surface area contributed by atoms with Crippen LogP contribution in [0.4, 0.5) is 0 Å². The molecule has 4 rings (SSSR count). The molecule has 24 heavy (non-hydrogen) atoms. The van der Waals surface area contributed by atoms with Crippen LogP contribution in [0.2, 0.25) is 5.02 Å². The highest BCUT2D eigenvalue weighted by Crippen LogP contribution is 2.41. The molecule has 0 amide bonds. The minimum atomic E-state index is -0.506. The van der Waals surface area contributed by atoms with Crippen LogP contribution in [0.1, 0.15) is 37.3 Å². The number of thioether (sulfide) groups is 1. The molecule has 0 N–H and O–H groups in total. The summed E-state index contributed by atoms with van der Waals surface area (Å²) in [5.41, 5.74) is 1.93. The summed E-state index contributed by atoms with van der Waals surface area (Å²) in [6.45, 7) is 1.36. The highest BCUT2D eigenvalue weighted by Gasteiger charge is 2.38. The number of nitrogens with zero attached hydrogens (tertiary/aromatic N) is 1. The Kier molecular flexibility index (Phi) is 4.41. The average Bonchev–Trinajstić information content (AvgIpc) is 3.28. The molecule has 1 aliphatic carbocycles. The molecule has 126 valence electrons. The number of esters is 1. The first kappa shape index (κ1) is 16.2. The van der Waals surface area contributed by atoms with Crippen molar-refractivity contribution in [3.63, 3.8) is 0 Å². The Morgan fingerprint density at radius 2 is 2.12 bits per heavy atom. The van der Waals surface area contributed by atoms with E-state index in [0.29, 0.717) is 18.0 Å². The number of benzene rings is 1. The van der Waals surface area contributed by atoms with Gasteiger partial charge < -0.3 is 4.74 Å². The second-order valence-electron chi connectivity index (χ2n) is 6.46. The summed E-state index contributed by atoms with van der Waals surface area (Å²) in [5, 5.41) is 0.781. The Hall–Kier alpha value is -1.30. The smallest absolute Gasteiger partial charge is 0.328 e. The molecular weight excluding hydrogens is 346 g/mol. The van der Waals surface area contributed by atoms with Crippen LogP contribution in [0.25, 0.3) is 0 Å². The Morgan fingerprint density at radius 3 is 2.88 bits per heavy atom. The number of carbonyl (C=O) groups excluding carboxylic acids is 2. The fourth-order valence-corrected chi connectivity index (χ4v) is 4.50. The van der Waals surface area contributed by atoms with Gasteiger partial charge in [-0.05, 0) is 41.4 Å². The lowest BCUT2D eigenvalue weighted by Crippen LogP contribution is -2.39. The van der Waals surface area contributed by atoms with Gasteiger partial charge in [0.05, 0.1) is 0 Å². The first-order valence-corrected chi connectivity index (χ1v) is 9.42. The summed E-state index contributed by atoms with van der Waals surface area (Å²) >= 11 is 7.73. The van der Waals surface area contributed by atoms with Crippen molar-refractivity contribution in [1.82, 2.24) is 4.90 Å². The largest absolute Gasteiger partial charge is 0.461 e. The molecule has 1 aromatic carbocycles. The molecule has 0 radical (unpaired) electrons. The second-order valence-corrected chi connectivity index (χ2v) is 8.02. The fraction of sp³-hybridized carbons (Fsp3) is 0.444. The lowest BCUT2D eigenvalue weighted by atomic mass is 10.00.